The highest BCUT2D eigenvalue weighted by molar-refractivity contribution is 6.31. The van der Waals surface area contributed by atoms with Crippen LogP contribution in [0.1, 0.15) is 31.4 Å². The summed E-state index contributed by atoms with van der Waals surface area (Å²) < 4.78 is 0. The maximum absolute atomic E-state index is 6.27. The molecule has 3 heterocycles. The molecule has 4 rings (SSSR count). The Morgan fingerprint density at radius 1 is 1.28 bits per heavy atom. The number of halogens is 1. The first kappa shape index (κ1) is 12.5. The van der Waals surface area contributed by atoms with Crippen LogP contribution in [0.5, 0.6) is 0 Å². The molecular formula is C15H21ClN2. The number of fused-ring (bicyclic) bond motifs is 3. The fourth-order valence-electron chi connectivity index (χ4n) is 3.39. The molecule has 2 nitrogen and oxygen atoms in total. The number of hydrogen-bond acceptors (Lipinski definition) is 2. The highest BCUT2D eigenvalue weighted by Gasteiger charge is 2.34. The molecule has 18 heavy (non-hydrogen) atoms. The molecule has 1 aromatic rings. The molecule has 3 saturated heterocycles. The van der Waals surface area contributed by atoms with Gasteiger partial charge in [-0.3, -0.25) is 0 Å². The molecule has 3 aliphatic rings. The van der Waals surface area contributed by atoms with E-state index in [1.165, 1.54) is 38.0 Å². The fraction of sp³-hybridized carbons (Fsp3) is 0.600. The minimum Gasteiger partial charge on any atom is -0.306 e. The van der Waals surface area contributed by atoms with Gasteiger partial charge in [-0.1, -0.05) is 29.8 Å². The van der Waals surface area contributed by atoms with Crippen LogP contribution in [0, 0.1) is 5.92 Å². The molecule has 0 amide bonds. The summed E-state index contributed by atoms with van der Waals surface area (Å²) in [6.07, 6.45) is 2.71. The van der Waals surface area contributed by atoms with Crippen LogP contribution in [0.2, 0.25) is 5.02 Å². The Labute approximate surface area is 114 Å². The first-order valence-electron chi connectivity index (χ1n) is 6.97. The number of benzene rings is 1. The Hall–Kier alpha value is -0.570. The predicted octanol–water partition coefficient (Wildman–Crippen LogP) is 3.08. The van der Waals surface area contributed by atoms with Crippen molar-refractivity contribution in [2.75, 3.05) is 19.6 Å². The van der Waals surface area contributed by atoms with Gasteiger partial charge in [0.15, 0.2) is 0 Å². The maximum Gasteiger partial charge on any atom is 0.0453 e. The van der Waals surface area contributed by atoms with Crippen LogP contribution in [0.3, 0.4) is 0 Å². The zero-order chi connectivity index (χ0) is 12.5. The maximum atomic E-state index is 6.27. The van der Waals surface area contributed by atoms with Gasteiger partial charge in [0, 0.05) is 23.7 Å². The Morgan fingerprint density at radius 3 is 2.61 bits per heavy atom. The molecule has 1 N–H and O–H groups in total. The zero-order valence-corrected chi connectivity index (χ0v) is 11.7. The second kappa shape index (κ2) is 5.20. The lowest BCUT2D eigenvalue weighted by Gasteiger charge is -2.46. The van der Waals surface area contributed by atoms with Crippen LogP contribution >= 0.6 is 11.6 Å². The van der Waals surface area contributed by atoms with Crippen molar-refractivity contribution >= 4 is 11.6 Å². The second-order valence-corrected chi connectivity index (χ2v) is 6.06. The summed E-state index contributed by atoms with van der Waals surface area (Å²) in [6, 6.07) is 9.14. The number of rotatable bonds is 3. The zero-order valence-electron chi connectivity index (χ0n) is 10.9. The van der Waals surface area contributed by atoms with E-state index in [0.29, 0.717) is 12.1 Å². The average molecular weight is 265 g/mol. The molecule has 2 atom stereocenters. The molecule has 3 heteroatoms. The lowest BCUT2D eigenvalue weighted by molar-refractivity contribution is 0.0680. The molecule has 0 aromatic heterocycles. The summed E-state index contributed by atoms with van der Waals surface area (Å²) in [7, 11) is 0. The average Bonchev–Trinajstić information content (AvgIpc) is 2.40. The van der Waals surface area contributed by atoms with E-state index in [1.807, 2.05) is 12.1 Å². The molecule has 3 fully saturated rings. The van der Waals surface area contributed by atoms with Crippen molar-refractivity contribution < 1.29 is 0 Å². The van der Waals surface area contributed by atoms with Crippen molar-refractivity contribution in [3.8, 4) is 0 Å². The van der Waals surface area contributed by atoms with Gasteiger partial charge in [-0.2, -0.15) is 0 Å². The third-order valence-corrected chi connectivity index (χ3v) is 4.84. The van der Waals surface area contributed by atoms with Crippen molar-refractivity contribution in [1.29, 1.82) is 0 Å². The quantitative estimate of drug-likeness (QED) is 0.903. The van der Waals surface area contributed by atoms with Crippen molar-refractivity contribution in [1.82, 2.24) is 10.2 Å². The van der Waals surface area contributed by atoms with E-state index >= 15 is 0 Å². The van der Waals surface area contributed by atoms with Gasteiger partial charge < -0.3 is 10.2 Å². The van der Waals surface area contributed by atoms with Crippen molar-refractivity contribution in [3.63, 3.8) is 0 Å². The van der Waals surface area contributed by atoms with E-state index in [0.717, 1.165) is 10.9 Å². The first-order valence-corrected chi connectivity index (χ1v) is 7.34. The lowest BCUT2D eigenvalue weighted by Crippen LogP contribution is -2.56. The molecule has 2 bridgehead atoms. The Kier molecular flexibility index (Phi) is 3.60. The molecule has 0 saturated carbocycles. The van der Waals surface area contributed by atoms with Crippen LogP contribution in [0.15, 0.2) is 24.3 Å². The van der Waals surface area contributed by atoms with Crippen molar-refractivity contribution in [2.24, 2.45) is 5.92 Å². The third kappa shape index (κ3) is 2.42. The minimum atomic E-state index is 0.337. The van der Waals surface area contributed by atoms with Crippen LogP contribution in [-0.2, 0) is 0 Å². The minimum absolute atomic E-state index is 0.337. The smallest absolute Gasteiger partial charge is 0.0453 e. The monoisotopic (exact) mass is 264 g/mol. The summed E-state index contributed by atoms with van der Waals surface area (Å²) in [5.74, 6) is 0.861. The van der Waals surface area contributed by atoms with Gasteiger partial charge in [-0.15, -0.1) is 0 Å². The van der Waals surface area contributed by atoms with E-state index in [2.05, 4.69) is 29.3 Å². The third-order valence-electron chi connectivity index (χ3n) is 4.49. The molecule has 3 aliphatic heterocycles. The van der Waals surface area contributed by atoms with Crippen LogP contribution in [0.25, 0.3) is 0 Å². The van der Waals surface area contributed by atoms with E-state index in [-0.39, 0.29) is 0 Å². The molecule has 98 valence electrons. The van der Waals surface area contributed by atoms with Crippen molar-refractivity contribution in [3.05, 3.63) is 34.9 Å². The number of hydrogen-bond donors (Lipinski definition) is 1. The van der Waals surface area contributed by atoms with E-state index < -0.39 is 0 Å². The highest BCUT2D eigenvalue weighted by Crippen LogP contribution is 2.30. The van der Waals surface area contributed by atoms with Gasteiger partial charge in [-0.05, 0) is 50.4 Å². The second-order valence-electron chi connectivity index (χ2n) is 5.65. The highest BCUT2D eigenvalue weighted by atomic mass is 35.5. The van der Waals surface area contributed by atoms with Crippen molar-refractivity contribution in [2.45, 2.75) is 31.8 Å². The Morgan fingerprint density at radius 2 is 2.00 bits per heavy atom. The van der Waals surface area contributed by atoms with E-state index in [1.54, 1.807) is 0 Å². The van der Waals surface area contributed by atoms with Crippen LogP contribution in [-0.4, -0.2) is 30.6 Å². The predicted molar refractivity (Wildman–Crippen MR) is 76.0 cm³/mol. The van der Waals surface area contributed by atoms with Gasteiger partial charge in [0.05, 0.1) is 0 Å². The van der Waals surface area contributed by atoms with Gasteiger partial charge in [0.1, 0.15) is 0 Å². The molecule has 0 aliphatic carbocycles. The molecule has 1 aromatic carbocycles. The number of piperidine rings is 3. The SMILES string of the molecule is C[C@H](NC1CN2CCC1CC2)c1ccccc1Cl. The van der Waals surface area contributed by atoms with E-state index in [9.17, 15) is 0 Å². The molecule has 0 spiro atoms. The summed E-state index contributed by atoms with van der Waals surface area (Å²) >= 11 is 6.27. The van der Waals surface area contributed by atoms with Gasteiger partial charge in [0.25, 0.3) is 0 Å². The van der Waals surface area contributed by atoms with E-state index in [4.69, 9.17) is 11.6 Å². The molecular weight excluding hydrogens is 244 g/mol. The molecule has 0 radical (unpaired) electrons. The number of nitrogens with one attached hydrogen (secondary N) is 1. The largest absolute Gasteiger partial charge is 0.306 e. The fourth-order valence-corrected chi connectivity index (χ4v) is 3.69. The lowest BCUT2D eigenvalue weighted by atomic mass is 9.83. The Balaban J connectivity index is 1.68. The molecule has 1 unspecified atom stereocenters. The van der Waals surface area contributed by atoms with Crippen LogP contribution in [0.4, 0.5) is 0 Å². The Bertz CT molecular complexity index is 413. The normalized spacial score (nSPS) is 32.4. The van der Waals surface area contributed by atoms with Gasteiger partial charge in [-0.25, -0.2) is 0 Å². The number of nitrogens with zero attached hydrogens (tertiary/aromatic N) is 1. The first-order chi connectivity index (χ1) is 8.74. The summed E-state index contributed by atoms with van der Waals surface area (Å²) in [5.41, 5.74) is 1.22. The summed E-state index contributed by atoms with van der Waals surface area (Å²) in [6.45, 7) is 6.02. The summed E-state index contributed by atoms with van der Waals surface area (Å²) in [4.78, 5) is 2.58. The van der Waals surface area contributed by atoms with Gasteiger partial charge >= 0.3 is 0 Å². The summed E-state index contributed by atoms with van der Waals surface area (Å²) in [5, 5.41) is 4.66. The van der Waals surface area contributed by atoms with Gasteiger partial charge in [0.2, 0.25) is 0 Å². The standard InChI is InChI=1S/C15H21ClN2/c1-11(13-4-2-3-5-14(13)16)17-15-10-18-8-6-12(15)7-9-18/h2-5,11-12,15,17H,6-10H2,1H3/t11-,15?/m0/s1. The van der Waals surface area contributed by atoms with Crippen LogP contribution < -0.4 is 5.32 Å². The topological polar surface area (TPSA) is 15.3 Å².